The van der Waals surface area contributed by atoms with Gasteiger partial charge < -0.3 is 10.1 Å². The number of nitrogens with one attached hydrogen (secondary N) is 1. The molecule has 90 valence electrons. The van der Waals surface area contributed by atoms with Crippen LogP contribution in [0.3, 0.4) is 0 Å². The van der Waals surface area contributed by atoms with Crippen molar-refractivity contribution in [1.29, 1.82) is 0 Å². The molecule has 0 saturated carbocycles. The first kappa shape index (κ1) is 12.1. The van der Waals surface area contributed by atoms with Gasteiger partial charge in [-0.3, -0.25) is 0 Å². The summed E-state index contributed by atoms with van der Waals surface area (Å²) in [5.41, 5.74) is 0. The fourth-order valence-electron chi connectivity index (χ4n) is 2.44. The molecule has 0 aliphatic carbocycles. The van der Waals surface area contributed by atoms with Crippen LogP contribution in [0, 0.1) is 5.92 Å². The molecule has 2 nitrogen and oxygen atoms in total. The number of rotatable bonds is 5. The summed E-state index contributed by atoms with van der Waals surface area (Å²) in [4.78, 5) is 1.48. The van der Waals surface area contributed by atoms with Crippen molar-refractivity contribution < 1.29 is 4.74 Å². The highest BCUT2D eigenvalue weighted by atomic mass is 32.1. The van der Waals surface area contributed by atoms with E-state index in [9.17, 15) is 0 Å². The van der Waals surface area contributed by atoms with Crippen molar-refractivity contribution in [2.75, 3.05) is 13.2 Å². The van der Waals surface area contributed by atoms with Crippen LogP contribution in [0.1, 0.15) is 25.1 Å². The van der Waals surface area contributed by atoms with Crippen LogP contribution in [-0.2, 0) is 11.2 Å². The van der Waals surface area contributed by atoms with Crippen LogP contribution in [0.5, 0.6) is 0 Å². The van der Waals surface area contributed by atoms with Crippen LogP contribution in [0.15, 0.2) is 17.5 Å². The van der Waals surface area contributed by atoms with Crippen molar-refractivity contribution in [3.05, 3.63) is 22.4 Å². The molecule has 1 aliphatic heterocycles. The Morgan fingerprint density at radius 3 is 3.06 bits per heavy atom. The van der Waals surface area contributed by atoms with Crippen LogP contribution in [0.4, 0.5) is 0 Å². The number of hydrogen-bond donors (Lipinski definition) is 1. The van der Waals surface area contributed by atoms with Gasteiger partial charge in [-0.2, -0.15) is 0 Å². The lowest BCUT2D eigenvalue weighted by Crippen LogP contribution is -2.38. The van der Waals surface area contributed by atoms with Crippen molar-refractivity contribution in [3.63, 3.8) is 0 Å². The van der Waals surface area contributed by atoms with Gasteiger partial charge >= 0.3 is 0 Å². The molecule has 3 atom stereocenters. The molecule has 1 aromatic heterocycles. The van der Waals surface area contributed by atoms with E-state index >= 15 is 0 Å². The second kappa shape index (κ2) is 5.80. The monoisotopic (exact) mass is 239 g/mol. The van der Waals surface area contributed by atoms with E-state index in [2.05, 4.69) is 36.7 Å². The van der Waals surface area contributed by atoms with Gasteiger partial charge in [0.2, 0.25) is 0 Å². The van der Waals surface area contributed by atoms with Crippen molar-refractivity contribution >= 4 is 11.3 Å². The number of thiophene rings is 1. The highest BCUT2D eigenvalue weighted by Gasteiger charge is 2.29. The molecule has 0 spiro atoms. The van der Waals surface area contributed by atoms with Gasteiger partial charge in [0.15, 0.2) is 0 Å². The molecule has 1 fully saturated rings. The molecule has 1 aliphatic rings. The molecule has 0 aromatic carbocycles. The maximum Gasteiger partial charge on any atom is 0.0551 e. The molecule has 0 radical (unpaired) electrons. The van der Waals surface area contributed by atoms with Crippen molar-refractivity contribution in [1.82, 2.24) is 5.32 Å². The number of ether oxygens (including phenoxy) is 1. The zero-order chi connectivity index (χ0) is 11.4. The molecule has 16 heavy (non-hydrogen) atoms. The summed E-state index contributed by atoms with van der Waals surface area (Å²) < 4.78 is 5.68. The van der Waals surface area contributed by atoms with E-state index < -0.39 is 0 Å². The van der Waals surface area contributed by atoms with E-state index in [1.807, 2.05) is 11.3 Å². The maximum absolute atomic E-state index is 5.68. The molecule has 1 N–H and O–H groups in total. The van der Waals surface area contributed by atoms with Gasteiger partial charge in [0.25, 0.3) is 0 Å². The predicted molar refractivity (Wildman–Crippen MR) is 69.0 cm³/mol. The molecule has 3 unspecified atom stereocenters. The lowest BCUT2D eigenvalue weighted by Gasteiger charge is -2.22. The topological polar surface area (TPSA) is 21.3 Å². The highest BCUT2D eigenvalue weighted by Crippen LogP contribution is 2.25. The molecular formula is C13H21NOS. The number of likely N-dealkylation sites (N-methyl/N-ethyl adjacent to an activating group) is 1. The molecule has 0 amide bonds. The van der Waals surface area contributed by atoms with Crippen LogP contribution in [0.25, 0.3) is 0 Å². The third kappa shape index (κ3) is 3.06. The predicted octanol–water partition coefficient (Wildman–Crippen LogP) is 2.69. The smallest absolute Gasteiger partial charge is 0.0551 e. The summed E-state index contributed by atoms with van der Waals surface area (Å²) >= 11 is 1.86. The van der Waals surface area contributed by atoms with Gasteiger partial charge in [-0.15, -0.1) is 11.3 Å². The van der Waals surface area contributed by atoms with Crippen LogP contribution in [-0.4, -0.2) is 25.3 Å². The molecule has 2 rings (SSSR count). The van der Waals surface area contributed by atoms with Gasteiger partial charge in [0, 0.05) is 16.8 Å². The minimum Gasteiger partial charge on any atom is -0.378 e. The second-order valence-corrected chi connectivity index (χ2v) is 5.62. The van der Waals surface area contributed by atoms with Crippen LogP contribution < -0.4 is 5.32 Å². The molecular weight excluding hydrogens is 218 g/mol. The zero-order valence-corrected chi connectivity index (χ0v) is 10.9. The van der Waals surface area contributed by atoms with Gasteiger partial charge in [-0.1, -0.05) is 13.0 Å². The largest absolute Gasteiger partial charge is 0.378 e. The van der Waals surface area contributed by atoms with E-state index in [0.29, 0.717) is 18.1 Å². The lowest BCUT2D eigenvalue weighted by molar-refractivity contribution is 0.117. The Hall–Kier alpha value is -0.380. The molecule has 2 heterocycles. The van der Waals surface area contributed by atoms with Gasteiger partial charge in [0.05, 0.1) is 12.7 Å². The third-order valence-corrected chi connectivity index (χ3v) is 4.16. The van der Waals surface area contributed by atoms with E-state index in [1.54, 1.807) is 0 Å². The van der Waals surface area contributed by atoms with Crippen molar-refractivity contribution in [2.45, 2.75) is 38.8 Å². The fraction of sp³-hybridized carbons (Fsp3) is 0.692. The van der Waals surface area contributed by atoms with Gasteiger partial charge in [-0.25, -0.2) is 0 Å². The first-order valence-electron chi connectivity index (χ1n) is 6.17. The Balaban J connectivity index is 1.94. The fourth-order valence-corrected chi connectivity index (χ4v) is 3.21. The maximum atomic E-state index is 5.68. The average Bonchev–Trinajstić information content (AvgIpc) is 2.88. The van der Waals surface area contributed by atoms with Gasteiger partial charge in [0.1, 0.15) is 0 Å². The molecule has 1 saturated heterocycles. The van der Waals surface area contributed by atoms with Crippen molar-refractivity contribution in [3.8, 4) is 0 Å². The van der Waals surface area contributed by atoms with Crippen molar-refractivity contribution in [2.24, 2.45) is 5.92 Å². The zero-order valence-electron chi connectivity index (χ0n) is 10.1. The molecule has 0 bridgehead atoms. The Morgan fingerprint density at radius 2 is 2.50 bits per heavy atom. The third-order valence-electron chi connectivity index (χ3n) is 3.27. The first-order chi connectivity index (χ1) is 7.79. The summed E-state index contributed by atoms with van der Waals surface area (Å²) in [6.07, 6.45) is 2.78. The lowest BCUT2D eigenvalue weighted by atomic mass is 9.94. The quantitative estimate of drug-likeness (QED) is 0.853. The minimum absolute atomic E-state index is 0.439. The normalized spacial score (nSPS) is 27.1. The highest BCUT2D eigenvalue weighted by molar-refractivity contribution is 7.09. The summed E-state index contributed by atoms with van der Waals surface area (Å²) in [5, 5.41) is 5.77. The summed E-state index contributed by atoms with van der Waals surface area (Å²) in [5.74, 6) is 0.678. The van der Waals surface area contributed by atoms with E-state index in [1.165, 1.54) is 11.3 Å². The molecule has 1 aromatic rings. The Morgan fingerprint density at radius 1 is 1.62 bits per heavy atom. The summed E-state index contributed by atoms with van der Waals surface area (Å²) in [7, 11) is 0. The van der Waals surface area contributed by atoms with E-state index in [0.717, 1.165) is 19.6 Å². The van der Waals surface area contributed by atoms with E-state index in [4.69, 9.17) is 4.74 Å². The summed E-state index contributed by atoms with van der Waals surface area (Å²) in [6, 6.07) is 4.94. The Labute approximate surface area is 102 Å². The Kier molecular flexibility index (Phi) is 4.38. The average molecular weight is 239 g/mol. The standard InChI is InChI=1S/C13H21NOS/c1-3-14-13(8-12-5-4-6-16-12)11-7-10(2)15-9-11/h4-6,10-11,13-14H,3,7-9H2,1-2H3. The minimum atomic E-state index is 0.439. The SMILES string of the molecule is CCNC(Cc1cccs1)C1COC(C)C1. The second-order valence-electron chi connectivity index (χ2n) is 4.59. The van der Waals surface area contributed by atoms with Gasteiger partial charge in [-0.05, 0) is 37.8 Å². The Bertz CT molecular complexity index is 299. The number of hydrogen-bond acceptors (Lipinski definition) is 3. The first-order valence-corrected chi connectivity index (χ1v) is 7.05. The van der Waals surface area contributed by atoms with Crippen LogP contribution >= 0.6 is 11.3 Å². The molecule has 3 heteroatoms. The van der Waals surface area contributed by atoms with Crippen LogP contribution in [0.2, 0.25) is 0 Å². The van der Waals surface area contributed by atoms with E-state index in [-0.39, 0.29) is 0 Å². The summed E-state index contributed by atoms with van der Waals surface area (Å²) in [6.45, 7) is 6.32.